The van der Waals surface area contributed by atoms with Crippen LogP contribution in [0.15, 0.2) is 54.6 Å². The zero-order chi connectivity index (χ0) is 32.4. The molecular formula is C29H42N6O8S. The van der Waals surface area contributed by atoms with Crippen molar-refractivity contribution in [1.29, 1.82) is 5.41 Å². The minimum Gasteiger partial charge on any atom is -0.447 e. The van der Waals surface area contributed by atoms with Crippen LogP contribution in [0.25, 0.3) is 0 Å². The Hall–Kier alpha value is -4.05. The first-order chi connectivity index (χ1) is 21.0. The summed E-state index contributed by atoms with van der Waals surface area (Å²) in [5.74, 6) is -3.53. The molecular weight excluding hydrogens is 592 g/mol. The molecule has 2 aromatic carbocycles. The second-order valence-electron chi connectivity index (χ2n) is 9.94. The molecule has 0 radical (unpaired) electrons. The van der Waals surface area contributed by atoms with E-state index in [4.69, 9.17) is 26.4 Å². The van der Waals surface area contributed by atoms with Gasteiger partial charge in [-0.3, -0.25) is 15.0 Å². The molecule has 0 saturated carbocycles. The second-order valence-corrected chi connectivity index (χ2v) is 12.1. The van der Waals surface area contributed by atoms with E-state index in [1.54, 1.807) is 54.6 Å². The molecule has 0 aromatic heterocycles. The van der Waals surface area contributed by atoms with Gasteiger partial charge in [0.05, 0.1) is 37.4 Å². The summed E-state index contributed by atoms with van der Waals surface area (Å²) < 4.78 is 35.4. The fourth-order valence-corrected chi connectivity index (χ4v) is 5.76. The van der Waals surface area contributed by atoms with Crippen molar-refractivity contribution in [2.75, 3.05) is 38.8 Å². The number of hydrogen-bond donors (Lipinski definition) is 7. The average molecular weight is 635 g/mol. The Bertz CT molecular complexity index is 1310. The van der Waals surface area contributed by atoms with E-state index in [1.165, 1.54) is 0 Å². The number of amides is 3. The van der Waals surface area contributed by atoms with Gasteiger partial charge < -0.3 is 42.0 Å². The molecule has 0 aliphatic rings. The zero-order valence-corrected chi connectivity index (χ0v) is 25.3. The van der Waals surface area contributed by atoms with Crippen LogP contribution in [0.4, 0.5) is 4.79 Å². The van der Waals surface area contributed by atoms with Gasteiger partial charge in [0.1, 0.15) is 18.5 Å². The van der Waals surface area contributed by atoms with Crippen molar-refractivity contribution in [2.45, 2.75) is 37.6 Å². The van der Waals surface area contributed by atoms with Crippen molar-refractivity contribution < 1.29 is 37.4 Å². The number of aliphatic hydroxyl groups is 1. The van der Waals surface area contributed by atoms with Gasteiger partial charge in [0.2, 0.25) is 11.8 Å². The maximum absolute atomic E-state index is 13.1. The lowest BCUT2D eigenvalue weighted by Gasteiger charge is -2.22. The first-order valence-corrected chi connectivity index (χ1v) is 15.9. The van der Waals surface area contributed by atoms with Crippen molar-refractivity contribution in [3.8, 4) is 0 Å². The highest BCUT2D eigenvalue weighted by Gasteiger charge is 2.29. The fraction of sp³-hybridized carbons (Fsp3) is 0.448. The summed E-state index contributed by atoms with van der Waals surface area (Å²) in [4.78, 5) is 38.0. The topological polar surface area (TPSA) is 236 Å². The molecule has 0 aliphatic heterocycles. The van der Waals surface area contributed by atoms with E-state index in [-0.39, 0.29) is 51.0 Å². The molecule has 0 bridgehead atoms. The van der Waals surface area contributed by atoms with Crippen LogP contribution in [-0.2, 0) is 41.2 Å². The molecule has 15 heteroatoms. The van der Waals surface area contributed by atoms with Crippen molar-refractivity contribution >= 4 is 33.6 Å². The van der Waals surface area contributed by atoms with Crippen LogP contribution >= 0.6 is 0 Å². The van der Waals surface area contributed by atoms with Crippen LogP contribution in [-0.4, -0.2) is 82.2 Å². The van der Waals surface area contributed by atoms with Crippen LogP contribution in [0, 0.1) is 11.3 Å². The van der Waals surface area contributed by atoms with Crippen LogP contribution in [0.3, 0.4) is 0 Å². The monoisotopic (exact) mass is 634 g/mol. The summed E-state index contributed by atoms with van der Waals surface area (Å²) in [6.45, 7) is -0.118. The normalized spacial score (nSPS) is 12.5. The van der Waals surface area contributed by atoms with Gasteiger partial charge in [-0.2, -0.15) is 0 Å². The summed E-state index contributed by atoms with van der Waals surface area (Å²) in [6, 6.07) is 14.2. The molecule has 2 aromatic rings. The maximum Gasteiger partial charge on any atom is 0.407 e. The summed E-state index contributed by atoms with van der Waals surface area (Å²) in [5, 5.41) is 25.3. The molecule has 44 heavy (non-hydrogen) atoms. The number of ether oxygens (including phenoxy) is 2. The molecule has 14 nitrogen and oxygen atoms in total. The van der Waals surface area contributed by atoms with Gasteiger partial charge in [0.25, 0.3) is 0 Å². The van der Waals surface area contributed by atoms with Crippen molar-refractivity contribution in [3.05, 3.63) is 71.3 Å². The number of carbonyl (C=O) groups is 3. The smallest absolute Gasteiger partial charge is 0.407 e. The highest BCUT2D eigenvalue weighted by Crippen LogP contribution is 2.12. The van der Waals surface area contributed by atoms with Crippen molar-refractivity contribution in [3.63, 3.8) is 0 Å². The number of benzene rings is 2. The van der Waals surface area contributed by atoms with E-state index in [0.29, 0.717) is 24.0 Å². The van der Waals surface area contributed by atoms with Gasteiger partial charge >= 0.3 is 6.09 Å². The Labute approximate surface area is 257 Å². The van der Waals surface area contributed by atoms with E-state index in [2.05, 4.69) is 16.0 Å². The maximum atomic E-state index is 13.1. The van der Waals surface area contributed by atoms with Gasteiger partial charge in [0, 0.05) is 18.7 Å². The molecule has 0 aliphatic carbocycles. The first kappa shape index (κ1) is 36.1. The third kappa shape index (κ3) is 13.9. The fourth-order valence-electron chi connectivity index (χ4n) is 4.07. The Balaban J connectivity index is 1.99. The number of aliphatic hydroxyl groups excluding tert-OH is 1. The molecule has 3 amide bonds. The zero-order valence-electron chi connectivity index (χ0n) is 24.5. The predicted octanol–water partition coefficient (Wildman–Crippen LogP) is 0.124. The third-order valence-corrected chi connectivity index (χ3v) is 8.09. The van der Waals surface area contributed by atoms with Crippen LogP contribution in [0.2, 0.25) is 0 Å². The Morgan fingerprint density at radius 1 is 0.932 bits per heavy atom. The Kier molecular flexibility index (Phi) is 15.8. The quantitative estimate of drug-likeness (QED) is 0.0450. The Morgan fingerprint density at radius 3 is 2.27 bits per heavy atom. The average Bonchev–Trinajstić information content (AvgIpc) is 3.00. The molecule has 9 N–H and O–H groups in total. The lowest BCUT2D eigenvalue weighted by molar-refractivity contribution is -0.131. The van der Waals surface area contributed by atoms with E-state index in [0.717, 1.165) is 5.56 Å². The number of sulfone groups is 1. The van der Waals surface area contributed by atoms with Gasteiger partial charge in [-0.15, -0.1) is 0 Å². The highest BCUT2D eigenvalue weighted by atomic mass is 32.2. The minimum atomic E-state index is -3.76. The molecule has 2 unspecified atom stereocenters. The predicted molar refractivity (Wildman–Crippen MR) is 164 cm³/mol. The number of carbonyl (C=O) groups excluding carboxylic acids is 3. The van der Waals surface area contributed by atoms with Crippen molar-refractivity contribution in [1.82, 2.24) is 16.0 Å². The largest absolute Gasteiger partial charge is 0.447 e. The third-order valence-electron chi connectivity index (χ3n) is 6.41. The number of nitrogen functional groups attached to an aromatic ring is 1. The molecule has 0 saturated heterocycles. The lowest BCUT2D eigenvalue weighted by Crippen LogP contribution is -2.49. The SMILES string of the molecule is N=C(N)c1ccc(CNC(=O)C(CCCCNC(=O)OCCOCN)NC(=O)C(CO)CS(=O)(=O)Cc2ccccc2)cc1. The molecule has 0 fully saturated rings. The first-order valence-electron chi connectivity index (χ1n) is 14.1. The van der Waals surface area contributed by atoms with E-state index < -0.39 is 52.1 Å². The van der Waals surface area contributed by atoms with Crippen LogP contribution in [0.5, 0.6) is 0 Å². The number of hydrogen-bond acceptors (Lipinski definition) is 10. The van der Waals surface area contributed by atoms with E-state index >= 15 is 0 Å². The van der Waals surface area contributed by atoms with E-state index in [1.807, 2.05) is 0 Å². The summed E-state index contributed by atoms with van der Waals surface area (Å²) in [7, 11) is -3.76. The summed E-state index contributed by atoms with van der Waals surface area (Å²) in [6.07, 6.45) is 0.413. The van der Waals surface area contributed by atoms with Gasteiger partial charge in [0.15, 0.2) is 9.84 Å². The van der Waals surface area contributed by atoms with Crippen molar-refractivity contribution in [2.24, 2.45) is 17.4 Å². The molecule has 0 heterocycles. The standard InChI is InChI=1S/C29H42N6O8S/c30-20-42-14-15-43-29(39)33-13-5-4-8-25(28(38)34-16-21-9-11-23(12-10-21)26(31)32)35-27(37)24(17-36)19-44(40,41)18-22-6-2-1-3-7-22/h1-3,6-7,9-12,24-25,36H,4-5,8,13-20,30H2,(H3,31,32)(H,33,39)(H,34,38)(H,35,37). The summed E-state index contributed by atoms with van der Waals surface area (Å²) >= 11 is 0. The Morgan fingerprint density at radius 2 is 1.64 bits per heavy atom. The minimum absolute atomic E-state index is 0.0188. The number of amidine groups is 1. The molecule has 0 spiro atoms. The number of nitrogens with two attached hydrogens (primary N) is 2. The van der Waals surface area contributed by atoms with Gasteiger partial charge in [-0.1, -0.05) is 54.6 Å². The number of unbranched alkanes of at least 4 members (excludes halogenated alkanes) is 1. The van der Waals surface area contributed by atoms with Gasteiger partial charge in [-0.05, 0) is 30.4 Å². The lowest BCUT2D eigenvalue weighted by atomic mass is 10.1. The molecule has 2 rings (SSSR count). The van der Waals surface area contributed by atoms with E-state index in [9.17, 15) is 27.9 Å². The number of nitrogens with one attached hydrogen (secondary N) is 4. The second kappa shape index (κ2) is 19.3. The highest BCUT2D eigenvalue weighted by molar-refractivity contribution is 7.90. The van der Waals surface area contributed by atoms with Crippen LogP contribution < -0.4 is 27.4 Å². The van der Waals surface area contributed by atoms with Gasteiger partial charge in [-0.25, -0.2) is 13.2 Å². The summed E-state index contributed by atoms with van der Waals surface area (Å²) in [5.41, 5.74) is 12.5. The number of alkyl carbamates (subject to hydrolysis) is 1. The van der Waals surface area contributed by atoms with Crippen LogP contribution in [0.1, 0.15) is 36.0 Å². The molecule has 2 atom stereocenters. The molecule has 242 valence electrons. The number of rotatable bonds is 20.